The number of rotatable bonds is 7. The van der Waals surface area contributed by atoms with Crippen molar-refractivity contribution in [2.75, 3.05) is 19.5 Å². The first-order chi connectivity index (χ1) is 14.9. The average molecular weight is 444 g/mol. The molecule has 0 atom stereocenters. The lowest BCUT2D eigenvalue weighted by Gasteiger charge is -2.11. The molecule has 0 aliphatic rings. The monoisotopic (exact) mass is 443 g/mol. The van der Waals surface area contributed by atoms with Crippen molar-refractivity contribution in [2.24, 2.45) is 0 Å². The maximum Gasteiger partial charge on any atom is 0.339 e. The molecule has 3 rings (SSSR count). The van der Waals surface area contributed by atoms with Gasteiger partial charge in [-0.2, -0.15) is 4.98 Å². The largest absolute Gasteiger partial charge is 0.465 e. The van der Waals surface area contributed by atoms with Crippen LogP contribution in [0.5, 0.6) is 0 Å². The molecule has 1 amide bonds. The first kappa shape index (κ1) is 22.0. The van der Waals surface area contributed by atoms with Crippen LogP contribution in [-0.2, 0) is 20.7 Å². The van der Waals surface area contributed by atoms with Gasteiger partial charge in [0.1, 0.15) is 0 Å². The molecule has 0 spiro atoms. The lowest BCUT2D eigenvalue weighted by molar-refractivity contribution is -0.116. The second-order valence-corrected chi connectivity index (χ2v) is 6.75. The number of ether oxygens (including phenoxy) is 2. The zero-order valence-corrected chi connectivity index (χ0v) is 17.4. The lowest BCUT2D eigenvalue weighted by Crippen LogP contribution is -2.17. The van der Waals surface area contributed by atoms with Crippen molar-refractivity contribution in [3.63, 3.8) is 0 Å². The minimum atomic E-state index is -0.656. The number of carbonyl (C=O) groups excluding carboxylic acids is 3. The number of anilines is 1. The Balaban J connectivity index is 1.68. The zero-order chi connectivity index (χ0) is 22.4. The van der Waals surface area contributed by atoms with Crippen LogP contribution in [0.2, 0.25) is 5.02 Å². The third-order valence-electron chi connectivity index (χ3n) is 4.26. The molecule has 2 aromatic carbocycles. The molecular formula is C21H18ClN3O6. The summed E-state index contributed by atoms with van der Waals surface area (Å²) in [6.45, 7) is 0. The predicted octanol–water partition coefficient (Wildman–Crippen LogP) is 3.53. The molecule has 0 aliphatic heterocycles. The van der Waals surface area contributed by atoms with Crippen molar-refractivity contribution in [1.29, 1.82) is 0 Å². The normalized spacial score (nSPS) is 10.4. The Morgan fingerprint density at radius 2 is 1.74 bits per heavy atom. The van der Waals surface area contributed by atoms with E-state index in [-0.39, 0.29) is 35.5 Å². The average Bonchev–Trinajstić information content (AvgIpc) is 3.26. The van der Waals surface area contributed by atoms with Crippen molar-refractivity contribution < 1.29 is 28.4 Å². The molecule has 0 saturated carbocycles. The van der Waals surface area contributed by atoms with Gasteiger partial charge in [-0.1, -0.05) is 16.8 Å². The van der Waals surface area contributed by atoms with Gasteiger partial charge in [0.05, 0.1) is 31.0 Å². The summed E-state index contributed by atoms with van der Waals surface area (Å²) in [6.07, 6.45) is 0.183. The fourth-order valence-electron chi connectivity index (χ4n) is 2.69. The van der Waals surface area contributed by atoms with E-state index in [1.807, 2.05) is 0 Å². The molecule has 1 heterocycles. The van der Waals surface area contributed by atoms with Crippen molar-refractivity contribution in [2.45, 2.75) is 12.8 Å². The molecule has 0 fully saturated rings. The molecule has 1 aromatic heterocycles. The third kappa shape index (κ3) is 5.46. The second kappa shape index (κ2) is 9.86. The number of nitrogens with zero attached hydrogens (tertiary/aromatic N) is 2. The van der Waals surface area contributed by atoms with Crippen molar-refractivity contribution in [3.8, 4) is 11.4 Å². The van der Waals surface area contributed by atoms with Crippen molar-refractivity contribution in [3.05, 3.63) is 64.5 Å². The summed E-state index contributed by atoms with van der Waals surface area (Å²) in [5, 5.41) is 7.09. The number of aromatic nitrogens is 2. The minimum Gasteiger partial charge on any atom is -0.465 e. The number of hydrogen-bond acceptors (Lipinski definition) is 8. The van der Waals surface area contributed by atoms with Gasteiger partial charge in [-0.15, -0.1) is 0 Å². The van der Waals surface area contributed by atoms with Crippen LogP contribution in [0.4, 0.5) is 5.69 Å². The van der Waals surface area contributed by atoms with Crippen LogP contribution in [0.1, 0.15) is 33.0 Å². The first-order valence-corrected chi connectivity index (χ1v) is 9.48. The molecule has 0 radical (unpaired) electrons. The fourth-order valence-corrected chi connectivity index (χ4v) is 2.81. The number of hydrogen-bond donors (Lipinski definition) is 1. The summed E-state index contributed by atoms with van der Waals surface area (Å²) in [5.41, 5.74) is 1.14. The molecule has 160 valence electrons. The second-order valence-electron chi connectivity index (χ2n) is 6.31. The maximum absolute atomic E-state index is 12.4. The number of aryl methyl sites for hydroxylation is 1. The number of amides is 1. The van der Waals surface area contributed by atoms with Gasteiger partial charge >= 0.3 is 11.9 Å². The van der Waals surface area contributed by atoms with E-state index in [2.05, 4.69) is 20.2 Å². The Morgan fingerprint density at radius 3 is 2.42 bits per heavy atom. The first-order valence-electron chi connectivity index (χ1n) is 9.10. The summed E-state index contributed by atoms with van der Waals surface area (Å²) in [4.78, 5) is 40.4. The summed E-state index contributed by atoms with van der Waals surface area (Å²) >= 11 is 5.87. The van der Waals surface area contributed by atoms with Gasteiger partial charge in [-0.3, -0.25) is 4.79 Å². The maximum atomic E-state index is 12.4. The van der Waals surface area contributed by atoms with Crippen LogP contribution in [0.15, 0.2) is 47.0 Å². The van der Waals surface area contributed by atoms with Crippen LogP contribution >= 0.6 is 11.6 Å². The van der Waals surface area contributed by atoms with Gasteiger partial charge in [0.2, 0.25) is 17.6 Å². The van der Waals surface area contributed by atoms with Crippen LogP contribution < -0.4 is 5.32 Å². The summed E-state index contributed by atoms with van der Waals surface area (Å²) in [6, 6.07) is 11.1. The molecule has 3 aromatic rings. The van der Waals surface area contributed by atoms with E-state index in [1.165, 1.54) is 32.4 Å². The molecule has 0 saturated heterocycles. The highest BCUT2D eigenvalue weighted by molar-refractivity contribution is 6.30. The van der Waals surface area contributed by atoms with E-state index < -0.39 is 17.8 Å². The summed E-state index contributed by atoms with van der Waals surface area (Å²) in [7, 11) is 2.45. The third-order valence-corrected chi connectivity index (χ3v) is 4.51. The van der Waals surface area contributed by atoms with Crippen molar-refractivity contribution >= 4 is 35.1 Å². The molecule has 0 aliphatic carbocycles. The lowest BCUT2D eigenvalue weighted by atomic mass is 10.1. The van der Waals surface area contributed by atoms with E-state index in [4.69, 9.17) is 20.9 Å². The smallest absolute Gasteiger partial charge is 0.339 e. The SMILES string of the molecule is COC(=O)c1ccc(C(=O)OC)c(NC(=O)CCc2nc(-c3ccc(Cl)cc3)no2)c1. The van der Waals surface area contributed by atoms with Gasteiger partial charge in [0.15, 0.2) is 0 Å². The molecule has 10 heteroatoms. The van der Waals surface area contributed by atoms with E-state index in [9.17, 15) is 14.4 Å². The number of esters is 2. The van der Waals surface area contributed by atoms with E-state index >= 15 is 0 Å². The van der Waals surface area contributed by atoms with Crippen LogP contribution in [-0.4, -0.2) is 42.2 Å². The quantitative estimate of drug-likeness (QED) is 0.550. The number of nitrogens with one attached hydrogen (secondary N) is 1. The van der Waals surface area contributed by atoms with Crippen molar-refractivity contribution in [1.82, 2.24) is 10.1 Å². The number of benzene rings is 2. The number of halogens is 1. The van der Waals surface area contributed by atoms with Gasteiger partial charge in [-0.05, 0) is 42.5 Å². The van der Waals surface area contributed by atoms with Crippen LogP contribution in [0.3, 0.4) is 0 Å². The van der Waals surface area contributed by atoms with Gasteiger partial charge < -0.3 is 19.3 Å². The Labute approximate surface area is 182 Å². The van der Waals surface area contributed by atoms with Gasteiger partial charge in [0.25, 0.3) is 0 Å². The standard InChI is InChI=1S/C21H18ClN3O6/c1-29-20(27)13-5-8-15(21(28)30-2)16(11-13)23-17(26)9-10-18-24-19(25-31-18)12-3-6-14(22)7-4-12/h3-8,11H,9-10H2,1-2H3,(H,23,26). The highest BCUT2D eigenvalue weighted by Gasteiger charge is 2.18. The van der Waals surface area contributed by atoms with Crippen LogP contribution in [0.25, 0.3) is 11.4 Å². The Bertz CT molecular complexity index is 1110. The minimum absolute atomic E-state index is 0.00527. The molecule has 0 bridgehead atoms. The van der Waals surface area contributed by atoms with E-state index in [1.54, 1.807) is 24.3 Å². The van der Waals surface area contributed by atoms with E-state index in [0.717, 1.165) is 5.56 Å². The van der Waals surface area contributed by atoms with Gasteiger partial charge in [0, 0.05) is 23.4 Å². The molecule has 1 N–H and O–H groups in total. The summed E-state index contributed by atoms with van der Waals surface area (Å²) < 4.78 is 14.6. The highest BCUT2D eigenvalue weighted by Crippen LogP contribution is 2.21. The molecule has 0 unspecified atom stereocenters. The van der Waals surface area contributed by atoms with Crippen LogP contribution in [0, 0.1) is 0 Å². The van der Waals surface area contributed by atoms with E-state index in [0.29, 0.717) is 10.8 Å². The highest BCUT2D eigenvalue weighted by atomic mass is 35.5. The molecule has 31 heavy (non-hydrogen) atoms. The zero-order valence-electron chi connectivity index (χ0n) is 16.7. The Hall–Kier alpha value is -3.72. The summed E-state index contributed by atoms with van der Waals surface area (Å²) in [5.74, 6) is -1.02. The molecular weight excluding hydrogens is 426 g/mol. The van der Waals surface area contributed by atoms with Gasteiger partial charge in [-0.25, -0.2) is 9.59 Å². The fraction of sp³-hybridized carbons (Fsp3) is 0.190. The number of methoxy groups -OCH3 is 2. The number of carbonyl (C=O) groups is 3. The predicted molar refractivity (Wildman–Crippen MR) is 111 cm³/mol. The topological polar surface area (TPSA) is 121 Å². The Morgan fingerprint density at radius 1 is 1.03 bits per heavy atom. The molecule has 9 nitrogen and oxygen atoms in total. The Kier molecular flexibility index (Phi) is 6.99.